The Hall–Kier alpha value is -3.21. The molecule has 1 amide bonds. The van der Waals surface area contributed by atoms with Crippen LogP contribution in [0.4, 0.5) is 5.69 Å². The lowest BCUT2D eigenvalue weighted by Gasteiger charge is -2.26. The number of nitro benzene ring substituents is 1. The van der Waals surface area contributed by atoms with Gasteiger partial charge in [0.1, 0.15) is 6.33 Å². The molecular weight excluding hydrogens is 394 g/mol. The fraction of sp³-hybridized carbons (Fsp3) is 0.333. The smallest absolute Gasteiger partial charge is 0.284 e. The molecule has 1 aromatic carbocycles. The molecule has 0 aliphatic rings. The van der Waals surface area contributed by atoms with Crippen molar-refractivity contribution in [2.45, 2.75) is 36.5 Å². The van der Waals surface area contributed by atoms with E-state index in [0.717, 1.165) is 17.3 Å². The van der Waals surface area contributed by atoms with Crippen LogP contribution in [-0.4, -0.2) is 46.3 Å². The molecule has 2 aromatic heterocycles. The second-order valence-corrected chi connectivity index (χ2v) is 7.82. The highest BCUT2D eigenvalue weighted by atomic mass is 32.2. The SMILES string of the molecule is CC(C)N(Cc1cnn(C)c1)C(=O)c1ccc(Sc2nncn2C)c([N+](=O)[O-])c1. The number of rotatable bonds is 7. The van der Waals surface area contributed by atoms with E-state index in [1.54, 1.807) is 39.5 Å². The van der Waals surface area contributed by atoms with Gasteiger partial charge in [-0.1, -0.05) is 0 Å². The summed E-state index contributed by atoms with van der Waals surface area (Å²) in [4.78, 5) is 26.3. The summed E-state index contributed by atoms with van der Waals surface area (Å²) in [5, 5.41) is 24.0. The zero-order valence-electron chi connectivity index (χ0n) is 16.5. The molecule has 0 N–H and O–H groups in total. The fourth-order valence-electron chi connectivity index (χ4n) is 2.75. The highest BCUT2D eigenvalue weighted by molar-refractivity contribution is 7.99. The Morgan fingerprint density at radius 3 is 2.66 bits per heavy atom. The van der Waals surface area contributed by atoms with Gasteiger partial charge in [0, 0.05) is 50.1 Å². The van der Waals surface area contributed by atoms with Crippen LogP contribution in [0.2, 0.25) is 0 Å². The molecule has 0 unspecified atom stereocenters. The molecule has 3 aromatic rings. The van der Waals surface area contributed by atoms with Gasteiger partial charge in [0.2, 0.25) is 0 Å². The minimum atomic E-state index is -0.490. The Labute approximate surface area is 171 Å². The molecule has 0 bridgehead atoms. The van der Waals surface area contributed by atoms with Crippen LogP contribution in [0.3, 0.4) is 0 Å². The van der Waals surface area contributed by atoms with E-state index in [9.17, 15) is 14.9 Å². The van der Waals surface area contributed by atoms with Gasteiger partial charge in [0.05, 0.1) is 16.0 Å². The maximum absolute atomic E-state index is 13.1. The molecular formula is C18H21N7O3S. The number of nitrogens with zero attached hydrogens (tertiary/aromatic N) is 7. The predicted molar refractivity (Wildman–Crippen MR) is 106 cm³/mol. The van der Waals surface area contributed by atoms with Crippen LogP contribution >= 0.6 is 11.8 Å². The van der Waals surface area contributed by atoms with Gasteiger partial charge in [-0.25, -0.2) is 0 Å². The average molecular weight is 415 g/mol. The summed E-state index contributed by atoms with van der Waals surface area (Å²) in [6, 6.07) is 4.41. The summed E-state index contributed by atoms with van der Waals surface area (Å²) >= 11 is 1.13. The third-order valence-electron chi connectivity index (χ3n) is 4.27. The zero-order chi connectivity index (χ0) is 21.1. The van der Waals surface area contributed by atoms with E-state index in [-0.39, 0.29) is 23.2 Å². The third-order valence-corrected chi connectivity index (χ3v) is 5.39. The van der Waals surface area contributed by atoms with Crippen molar-refractivity contribution in [1.82, 2.24) is 29.4 Å². The molecule has 0 atom stereocenters. The van der Waals surface area contributed by atoms with Crippen LogP contribution in [0, 0.1) is 10.1 Å². The van der Waals surface area contributed by atoms with Crippen molar-refractivity contribution < 1.29 is 9.72 Å². The maximum Gasteiger partial charge on any atom is 0.284 e. The van der Waals surface area contributed by atoms with Crippen LogP contribution in [0.5, 0.6) is 0 Å². The van der Waals surface area contributed by atoms with Gasteiger partial charge in [-0.05, 0) is 37.7 Å². The number of amides is 1. The van der Waals surface area contributed by atoms with E-state index in [1.165, 1.54) is 12.4 Å². The highest BCUT2D eigenvalue weighted by Gasteiger charge is 2.24. The van der Waals surface area contributed by atoms with Crippen molar-refractivity contribution in [3.8, 4) is 0 Å². The largest absolute Gasteiger partial charge is 0.332 e. The number of hydrogen-bond donors (Lipinski definition) is 0. The Morgan fingerprint density at radius 1 is 1.34 bits per heavy atom. The number of aryl methyl sites for hydroxylation is 2. The van der Waals surface area contributed by atoms with Crippen molar-refractivity contribution in [3.63, 3.8) is 0 Å². The predicted octanol–water partition coefficient (Wildman–Crippen LogP) is 2.66. The molecule has 10 nitrogen and oxygen atoms in total. The van der Waals surface area contributed by atoms with Crippen LogP contribution in [0.1, 0.15) is 29.8 Å². The van der Waals surface area contributed by atoms with Gasteiger partial charge in [0.15, 0.2) is 5.16 Å². The molecule has 0 saturated carbocycles. The van der Waals surface area contributed by atoms with Crippen molar-refractivity contribution in [1.29, 1.82) is 0 Å². The number of benzene rings is 1. The number of nitro groups is 1. The van der Waals surface area contributed by atoms with Crippen molar-refractivity contribution >= 4 is 23.4 Å². The molecule has 152 valence electrons. The number of carbonyl (C=O) groups excluding carboxylic acids is 1. The van der Waals surface area contributed by atoms with E-state index >= 15 is 0 Å². The maximum atomic E-state index is 13.1. The Morgan fingerprint density at radius 2 is 2.10 bits per heavy atom. The third kappa shape index (κ3) is 4.62. The molecule has 0 fully saturated rings. The van der Waals surface area contributed by atoms with Crippen molar-refractivity contribution in [2.75, 3.05) is 0 Å². The molecule has 2 heterocycles. The first-order valence-electron chi connectivity index (χ1n) is 8.85. The molecule has 0 radical (unpaired) electrons. The van der Waals surface area contributed by atoms with E-state index < -0.39 is 4.92 Å². The quantitative estimate of drug-likeness (QED) is 0.431. The van der Waals surface area contributed by atoms with E-state index in [4.69, 9.17) is 0 Å². The minimum absolute atomic E-state index is 0.0885. The Balaban J connectivity index is 1.90. The van der Waals surface area contributed by atoms with Gasteiger partial charge in [-0.2, -0.15) is 5.10 Å². The summed E-state index contributed by atoms with van der Waals surface area (Å²) in [5.74, 6) is -0.276. The van der Waals surface area contributed by atoms with Crippen LogP contribution in [0.25, 0.3) is 0 Å². The lowest BCUT2D eigenvalue weighted by Crippen LogP contribution is -2.36. The zero-order valence-corrected chi connectivity index (χ0v) is 17.3. The number of hydrogen-bond acceptors (Lipinski definition) is 7. The number of aromatic nitrogens is 5. The summed E-state index contributed by atoms with van der Waals surface area (Å²) < 4.78 is 3.34. The molecule has 0 aliphatic carbocycles. The second-order valence-electron chi connectivity index (χ2n) is 6.82. The normalized spacial score (nSPS) is 11.1. The van der Waals surface area contributed by atoms with Crippen molar-refractivity contribution in [2.24, 2.45) is 14.1 Å². The average Bonchev–Trinajstić information content (AvgIpc) is 3.27. The van der Waals surface area contributed by atoms with Gasteiger partial charge in [0.25, 0.3) is 11.6 Å². The fourth-order valence-corrected chi connectivity index (χ4v) is 3.60. The lowest BCUT2D eigenvalue weighted by molar-refractivity contribution is -0.387. The Kier molecular flexibility index (Phi) is 5.97. The lowest BCUT2D eigenvalue weighted by atomic mass is 10.1. The van der Waals surface area contributed by atoms with E-state index in [0.29, 0.717) is 16.6 Å². The molecule has 0 aliphatic heterocycles. The Bertz CT molecular complexity index is 1040. The molecule has 0 spiro atoms. The van der Waals surface area contributed by atoms with Crippen LogP contribution in [-0.2, 0) is 20.6 Å². The van der Waals surface area contributed by atoms with E-state index in [2.05, 4.69) is 15.3 Å². The van der Waals surface area contributed by atoms with Crippen molar-refractivity contribution in [3.05, 3.63) is 58.2 Å². The molecule has 11 heteroatoms. The molecule has 0 saturated heterocycles. The molecule has 29 heavy (non-hydrogen) atoms. The first-order chi connectivity index (χ1) is 13.8. The standard InChI is InChI=1S/C18H21N7O3S/c1-12(2)24(10-13-8-20-23(4)9-13)17(26)14-5-6-16(15(7-14)25(27)28)29-18-21-19-11-22(18)3/h5-9,11-12H,10H2,1-4H3. The van der Waals surface area contributed by atoms with Gasteiger partial charge >= 0.3 is 0 Å². The van der Waals surface area contributed by atoms with Gasteiger partial charge in [-0.3, -0.25) is 19.6 Å². The van der Waals surface area contributed by atoms with Crippen LogP contribution < -0.4 is 0 Å². The monoisotopic (exact) mass is 415 g/mol. The second kappa shape index (κ2) is 8.43. The topological polar surface area (TPSA) is 112 Å². The van der Waals surface area contributed by atoms with E-state index in [1.807, 2.05) is 27.1 Å². The summed E-state index contributed by atoms with van der Waals surface area (Å²) in [5.41, 5.74) is 1.00. The number of carbonyl (C=O) groups is 1. The summed E-state index contributed by atoms with van der Waals surface area (Å²) in [7, 11) is 3.56. The van der Waals surface area contributed by atoms with Crippen LogP contribution in [0.15, 0.2) is 47.0 Å². The summed E-state index contributed by atoms with van der Waals surface area (Å²) in [6.45, 7) is 4.18. The van der Waals surface area contributed by atoms with Gasteiger partial charge in [-0.15, -0.1) is 10.2 Å². The first-order valence-corrected chi connectivity index (χ1v) is 9.66. The highest BCUT2D eigenvalue weighted by Crippen LogP contribution is 2.34. The summed E-state index contributed by atoms with van der Waals surface area (Å²) in [6.07, 6.45) is 5.06. The van der Waals surface area contributed by atoms with Gasteiger partial charge < -0.3 is 9.47 Å². The minimum Gasteiger partial charge on any atom is -0.332 e. The first kappa shape index (κ1) is 20.5. The molecule has 3 rings (SSSR count).